The molecule has 3 aromatic rings. The molecule has 0 aliphatic carbocycles. The topological polar surface area (TPSA) is 34.4 Å². The molecule has 1 aliphatic heterocycles. The van der Waals surface area contributed by atoms with Crippen LogP contribution in [0, 0.1) is 5.92 Å². The van der Waals surface area contributed by atoms with Crippen LogP contribution in [-0.4, -0.2) is 32.9 Å². The molecule has 0 saturated heterocycles. The number of thioether (sulfide) groups is 1. The third-order valence-corrected chi connectivity index (χ3v) is 9.31. The molecule has 168 valence electrons. The first kappa shape index (κ1) is 23.6. The van der Waals surface area contributed by atoms with Crippen molar-refractivity contribution >= 4 is 33.2 Å². The first-order chi connectivity index (χ1) is 16.1. The van der Waals surface area contributed by atoms with Gasteiger partial charge in [0, 0.05) is 0 Å². The Hall–Kier alpha value is -2.60. The van der Waals surface area contributed by atoms with Gasteiger partial charge in [-0.2, -0.15) is 0 Å². The number of nitrogens with zero attached hydrogens (tertiary/aromatic N) is 2. The van der Waals surface area contributed by atoms with Gasteiger partial charge in [0.25, 0.3) is 0 Å². The van der Waals surface area contributed by atoms with Crippen LogP contribution in [-0.2, 0) is 4.79 Å². The minimum absolute atomic E-state index is 0.0561. The Morgan fingerprint density at radius 1 is 1.00 bits per heavy atom. The molecule has 0 bridgehead atoms. The van der Waals surface area contributed by atoms with Gasteiger partial charge in [-0.1, -0.05) is 0 Å². The molecule has 0 amide bonds. The number of anilines is 1. The summed E-state index contributed by atoms with van der Waals surface area (Å²) < 4.78 is 6.17. The molecule has 0 radical (unpaired) electrons. The summed E-state index contributed by atoms with van der Waals surface area (Å²) in [5.41, 5.74) is 5.21. The zero-order chi connectivity index (χ0) is 23.0. The SMILES string of the molecule is C=C1C(C[I-]C(=O)CCSc2ccccc2)C=[N+]=C(c2ccccc2)c2ccccc2N1C. The van der Waals surface area contributed by atoms with Crippen LogP contribution in [0.2, 0.25) is 0 Å². The van der Waals surface area contributed by atoms with E-state index in [2.05, 4.69) is 54.9 Å². The number of alkyl halides is 1. The summed E-state index contributed by atoms with van der Waals surface area (Å²) in [5.74, 6) is 0.891. The monoisotopic (exact) mass is 566 g/mol. The average molecular weight is 567 g/mol. The normalized spacial score (nSPS) is 15.5. The number of carbonyl (C=O) groups is 1. The fourth-order valence-corrected chi connectivity index (χ4v) is 7.24. The minimum atomic E-state index is -0.592. The number of benzene rings is 3. The van der Waals surface area contributed by atoms with E-state index in [9.17, 15) is 4.79 Å². The Kier molecular flexibility index (Phi) is 8.21. The predicted octanol–water partition coefficient (Wildman–Crippen LogP) is 2.04. The number of hydrogen-bond acceptors (Lipinski definition) is 3. The van der Waals surface area contributed by atoms with Gasteiger partial charge in [0.2, 0.25) is 0 Å². The molecule has 4 rings (SSSR count). The molecule has 0 N–H and O–H groups in total. The van der Waals surface area contributed by atoms with Crippen LogP contribution in [0.4, 0.5) is 5.69 Å². The van der Waals surface area contributed by atoms with Gasteiger partial charge in [0.05, 0.1) is 0 Å². The number of halogens is 1. The fraction of sp³-hybridized carbons (Fsp3) is 0.179. The van der Waals surface area contributed by atoms with Crippen LogP contribution in [0.25, 0.3) is 0 Å². The first-order valence-electron chi connectivity index (χ1n) is 10.9. The van der Waals surface area contributed by atoms with E-state index in [1.807, 2.05) is 54.7 Å². The third kappa shape index (κ3) is 6.05. The third-order valence-electron chi connectivity index (χ3n) is 5.51. The van der Waals surface area contributed by atoms with Gasteiger partial charge in [-0.05, 0) is 0 Å². The average Bonchev–Trinajstić information content (AvgIpc) is 2.86. The number of allylic oxidation sites excluding steroid dienone is 1. The molecule has 3 nitrogen and oxygen atoms in total. The number of rotatable bonds is 8. The van der Waals surface area contributed by atoms with Crippen molar-refractivity contribution in [3.05, 3.63) is 108 Å². The Balaban J connectivity index is 1.50. The summed E-state index contributed by atoms with van der Waals surface area (Å²) in [6.45, 7) is 4.38. The summed E-state index contributed by atoms with van der Waals surface area (Å²) in [4.78, 5) is 16.0. The van der Waals surface area contributed by atoms with Crippen molar-refractivity contribution in [3.63, 3.8) is 0 Å². The van der Waals surface area contributed by atoms with Gasteiger partial charge in [-0.15, -0.1) is 0 Å². The van der Waals surface area contributed by atoms with Gasteiger partial charge >= 0.3 is 212 Å². The number of carbonyl (C=O) groups excluding carboxylic acids is 1. The molecular formula is C28H27IN2OS. The summed E-state index contributed by atoms with van der Waals surface area (Å²) in [6.07, 6.45) is 2.63. The Bertz CT molecular complexity index is 1190. The van der Waals surface area contributed by atoms with Crippen molar-refractivity contribution in [3.8, 4) is 0 Å². The van der Waals surface area contributed by atoms with E-state index in [-0.39, 0.29) is 5.92 Å². The fourth-order valence-electron chi connectivity index (χ4n) is 3.65. The Labute approximate surface area is 210 Å². The van der Waals surface area contributed by atoms with Gasteiger partial charge in [-0.25, -0.2) is 0 Å². The van der Waals surface area contributed by atoms with Crippen LogP contribution in [0.5, 0.6) is 0 Å². The van der Waals surface area contributed by atoms with E-state index in [0.717, 1.165) is 38.4 Å². The van der Waals surface area contributed by atoms with Crippen LogP contribution in [0.3, 0.4) is 0 Å². The zero-order valence-electron chi connectivity index (χ0n) is 18.7. The van der Waals surface area contributed by atoms with Crippen molar-refractivity contribution in [2.24, 2.45) is 5.92 Å². The van der Waals surface area contributed by atoms with Crippen molar-refractivity contribution in [1.82, 2.24) is 4.67 Å². The molecule has 0 fully saturated rings. The molecule has 1 aliphatic rings. The second-order valence-corrected chi connectivity index (χ2v) is 11.7. The van der Waals surface area contributed by atoms with Crippen molar-refractivity contribution < 1.29 is 26.0 Å². The van der Waals surface area contributed by atoms with Crippen LogP contribution in [0.15, 0.2) is 102 Å². The summed E-state index contributed by atoms with van der Waals surface area (Å²) in [7, 11) is 2.06. The number of para-hydroxylation sites is 1. The second-order valence-electron chi connectivity index (χ2n) is 7.72. The molecule has 1 unspecified atom stereocenters. The predicted molar refractivity (Wildman–Crippen MR) is 137 cm³/mol. The number of fused-ring (bicyclic) bond motifs is 1. The molecule has 0 spiro atoms. The van der Waals surface area contributed by atoms with E-state index in [1.165, 1.54) is 4.90 Å². The maximum atomic E-state index is 12.6. The van der Waals surface area contributed by atoms with Gasteiger partial charge in [-0.3, -0.25) is 0 Å². The molecule has 3 aromatic carbocycles. The van der Waals surface area contributed by atoms with Crippen molar-refractivity contribution in [1.29, 1.82) is 0 Å². The second kappa shape index (κ2) is 11.5. The van der Waals surface area contributed by atoms with E-state index in [1.54, 1.807) is 11.8 Å². The molecular weight excluding hydrogens is 539 g/mol. The zero-order valence-corrected chi connectivity index (χ0v) is 21.6. The standard InChI is InChI=1S/C28H27IN2OS/c1-21-23(19-29-27(32)17-18-33-24-13-7-4-8-14-24)20-30-28(22-11-5-3-6-12-22)25-15-9-10-16-26(25)31(21)2/h3-16,20,23H,1,17-19H2,2H3. The summed E-state index contributed by atoms with van der Waals surface area (Å²) in [6, 6.07) is 28.9. The maximum absolute atomic E-state index is 12.6. The van der Waals surface area contributed by atoms with Crippen LogP contribution in [0.1, 0.15) is 17.5 Å². The van der Waals surface area contributed by atoms with E-state index < -0.39 is 21.2 Å². The van der Waals surface area contributed by atoms with Crippen LogP contribution < -0.4 is 30.8 Å². The van der Waals surface area contributed by atoms with E-state index in [0.29, 0.717) is 10.2 Å². The van der Waals surface area contributed by atoms with E-state index in [4.69, 9.17) is 4.67 Å². The molecule has 1 heterocycles. The van der Waals surface area contributed by atoms with E-state index >= 15 is 0 Å². The summed E-state index contributed by atoms with van der Waals surface area (Å²) in [5, 5.41) is 0. The van der Waals surface area contributed by atoms with Gasteiger partial charge in [0.1, 0.15) is 0 Å². The number of hydrogen-bond donors (Lipinski definition) is 0. The van der Waals surface area contributed by atoms with Gasteiger partial charge in [0.15, 0.2) is 0 Å². The molecule has 33 heavy (non-hydrogen) atoms. The Morgan fingerprint density at radius 3 is 2.42 bits per heavy atom. The molecule has 1 atom stereocenters. The molecule has 5 heteroatoms. The van der Waals surface area contributed by atoms with Crippen LogP contribution >= 0.6 is 11.8 Å². The van der Waals surface area contributed by atoms with Crippen molar-refractivity contribution in [2.75, 3.05) is 22.1 Å². The molecule has 0 saturated carbocycles. The first-order valence-corrected chi connectivity index (χ1v) is 14.5. The summed E-state index contributed by atoms with van der Waals surface area (Å²) >= 11 is 1.16. The van der Waals surface area contributed by atoms with Gasteiger partial charge < -0.3 is 0 Å². The Morgan fingerprint density at radius 2 is 1.67 bits per heavy atom. The van der Waals surface area contributed by atoms with Crippen molar-refractivity contribution in [2.45, 2.75) is 11.3 Å². The quantitative estimate of drug-likeness (QED) is 0.138. The molecule has 0 aromatic heterocycles.